The number of hydrogen-bond acceptors (Lipinski definition) is 4. The molecule has 1 heterocycles. The van der Waals surface area contributed by atoms with E-state index in [9.17, 15) is 14.9 Å². The molecule has 0 aliphatic heterocycles. The van der Waals surface area contributed by atoms with Gasteiger partial charge in [-0.15, -0.1) is 0 Å². The van der Waals surface area contributed by atoms with Crippen molar-refractivity contribution in [1.82, 2.24) is 4.98 Å². The van der Waals surface area contributed by atoms with Crippen molar-refractivity contribution in [3.05, 3.63) is 64.3 Å². The first-order chi connectivity index (χ1) is 11.1. The normalized spacial score (nSPS) is 10.7. The van der Waals surface area contributed by atoms with E-state index in [0.717, 1.165) is 10.9 Å². The van der Waals surface area contributed by atoms with E-state index >= 15 is 0 Å². The van der Waals surface area contributed by atoms with E-state index in [1.807, 2.05) is 24.3 Å². The minimum Gasteiger partial charge on any atom is -0.461 e. The van der Waals surface area contributed by atoms with Gasteiger partial charge in [-0.1, -0.05) is 30.3 Å². The number of carbonyl (C=O) groups excluding carboxylic acids is 1. The van der Waals surface area contributed by atoms with Gasteiger partial charge in [-0.25, -0.2) is 4.79 Å². The Bertz CT molecular complexity index is 898. The molecule has 3 aromatic rings. The summed E-state index contributed by atoms with van der Waals surface area (Å²) in [6.45, 7) is 1.98. The van der Waals surface area contributed by atoms with E-state index in [0.29, 0.717) is 16.8 Å². The molecule has 0 spiro atoms. The van der Waals surface area contributed by atoms with E-state index in [1.165, 1.54) is 12.1 Å². The number of benzene rings is 2. The lowest BCUT2D eigenvalue weighted by Gasteiger charge is -2.05. The second-order valence-electron chi connectivity index (χ2n) is 4.95. The van der Waals surface area contributed by atoms with Crippen molar-refractivity contribution in [3.8, 4) is 11.1 Å². The van der Waals surface area contributed by atoms with Crippen LogP contribution in [0.5, 0.6) is 0 Å². The fourth-order valence-electron chi connectivity index (χ4n) is 2.57. The molecular weight excluding hydrogens is 296 g/mol. The van der Waals surface area contributed by atoms with Crippen LogP contribution in [0.25, 0.3) is 22.0 Å². The zero-order chi connectivity index (χ0) is 16.4. The van der Waals surface area contributed by atoms with Gasteiger partial charge in [0.15, 0.2) is 0 Å². The van der Waals surface area contributed by atoms with Gasteiger partial charge < -0.3 is 9.72 Å². The van der Waals surface area contributed by atoms with Crippen LogP contribution in [0.1, 0.15) is 17.4 Å². The molecule has 0 bridgehead atoms. The third kappa shape index (κ3) is 2.66. The maximum Gasteiger partial charge on any atom is 0.355 e. The number of nitro benzene ring substituents is 1. The van der Waals surface area contributed by atoms with Crippen LogP contribution in [0.3, 0.4) is 0 Å². The molecule has 1 aromatic heterocycles. The summed E-state index contributed by atoms with van der Waals surface area (Å²) in [6.07, 6.45) is 0. The Labute approximate surface area is 131 Å². The zero-order valence-corrected chi connectivity index (χ0v) is 12.4. The number of non-ortho nitro benzene ring substituents is 1. The van der Waals surface area contributed by atoms with Gasteiger partial charge in [0.25, 0.3) is 5.69 Å². The van der Waals surface area contributed by atoms with Crippen LogP contribution in [-0.4, -0.2) is 22.5 Å². The summed E-state index contributed by atoms with van der Waals surface area (Å²) >= 11 is 0. The van der Waals surface area contributed by atoms with Crippen molar-refractivity contribution in [2.45, 2.75) is 6.92 Å². The molecule has 0 atom stereocenters. The topological polar surface area (TPSA) is 85.2 Å². The first kappa shape index (κ1) is 14.8. The van der Waals surface area contributed by atoms with Crippen LogP contribution < -0.4 is 0 Å². The number of nitrogens with one attached hydrogen (secondary N) is 1. The van der Waals surface area contributed by atoms with Crippen LogP contribution in [0.4, 0.5) is 5.69 Å². The molecule has 6 heteroatoms. The second-order valence-corrected chi connectivity index (χ2v) is 4.95. The highest BCUT2D eigenvalue weighted by atomic mass is 16.6. The Morgan fingerprint density at radius 2 is 2.00 bits per heavy atom. The van der Waals surface area contributed by atoms with Crippen molar-refractivity contribution in [2.24, 2.45) is 0 Å². The lowest BCUT2D eigenvalue weighted by molar-refractivity contribution is -0.384. The molecule has 0 radical (unpaired) electrons. The number of rotatable bonds is 4. The van der Waals surface area contributed by atoms with E-state index in [1.54, 1.807) is 19.1 Å². The summed E-state index contributed by atoms with van der Waals surface area (Å²) in [5, 5.41) is 11.8. The van der Waals surface area contributed by atoms with Crippen LogP contribution in [-0.2, 0) is 4.74 Å². The van der Waals surface area contributed by atoms with Crippen LogP contribution in [0.2, 0.25) is 0 Å². The SMILES string of the molecule is CCOC(=O)c1[nH]c2ccccc2c1-c1cccc([N+](=O)[O-])c1. The highest BCUT2D eigenvalue weighted by Crippen LogP contribution is 2.34. The number of aromatic amines is 1. The molecule has 23 heavy (non-hydrogen) atoms. The number of ether oxygens (including phenoxy) is 1. The minimum absolute atomic E-state index is 0.0254. The predicted octanol–water partition coefficient (Wildman–Crippen LogP) is 3.92. The highest BCUT2D eigenvalue weighted by molar-refractivity contribution is 6.08. The quantitative estimate of drug-likeness (QED) is 0.449. The van der Waals surface area contributed by atoms with Crippen molar-refractivity contribution in [2.75, 3.05) is 6.61 Å². The number of nitrogens with zero attached hydrogens (tertiary/aromatic N) is 1. The average molecular weight is 310 g/mol. The number of H-pyrrole nitrogens is 1. The van der Waals surface area contributed by atoms with E-state index < -0.39 is 10.9 Å². The van der Waals surface area contributed by atoms with Gasteiger partial charge in [0, 0.05) is 28.6 Å². The van der Waals surface area contributed by atoms with E-state index in [-0.39, 0.29) is 12.3 Å². The molecule has 0 saturated heterocycles. The Hall–Kier alpha value is -3.15. The highest BCUT2D eigenvalue weighted by Gasteiger charge is 2.21. The molecule has 6 nitrogen and oxygen atoms in total. The Morgan fingerprint density at radius 1 is 1.22 bits per heavy atom. The Kier molecular flexibility index (Phi) is 3.80. The molecule has 0 fully saturated rings. The second kappa shape index (κ2) is 5.92. The summed E-state index contributed by atoms with van der Waals surface area (Å²) in [5.41, 5.74) is 2.26. The minimum atomic E-state index is -0.481. The molecule has 0 saturated carbocycles. The molecule has 116 valence electrons. The zero-order valence-electron chi connectivity index (χ0n) is 12.4. The maximum absolute atomic E-state index is 12.2. The maximum atomic E-state index is 12.2. The molecule has 1 N–H and O–H groups in total. The number of carbonyl (C=O) groups is 1. The molecular formula is C17H14N2O4. The number of hydrogen-bond donors (Lipinski definition) is 1. The van der Waals surface area contributed by atoms with Crippen LogP contribution in [0.15, 0.2) is 48.5 Å². The third-order valence-electron chi connectivity index (χ3n) is 3.53. The molecule has 0 aliphatic carbocycles. The van der Waals surface area contributed by atoms with Gasteiger partial charge in [-0.05, 0) is 18.6 Å². The van der Waals surface area contributed by atoms with Gasteiger partial charge in [-0.3, -0.25) is 10.1 Å². The number of nitro groups is 1. The summed E-state index contributed by atoms with van der Waals surface area (Å²) in [4.78, 5) is 25.8. The van der Waals surface area contributed by atoms with Crippen LogP contribution >= 0.6 is 0 Å². The first-order valence-electron chi connectivity index (χ1n) is 7.14. The number of esters is 1. The van der Waals surface area contributed by atoms with Gasteiger partial charge in [-0.2, -0.15) is 0 Å². The molecule has 2 aromatic carbocycles. The predicted molar refractivity (Wildman–Crippen MR) is 86.3 cm³/mol. The molecule has 0 unspecified atom stereocenters. The smallest absolute Gasteiger partial charge is 0.355 e. The Morgan fingerprint density at radius 3 is 2.74 bits per heavy atom. The van der Waals surface area contributed by atoms with Gasteiger partial charge in [0.05, 0.1) is 11.5 Å². The first-order valence-corrected chi connectivity index (χ1v) is 7.14. The lowest BCUT2D eigenvalue weighted by atomic mass is 10.0. The van der Waals surface area contributed by atoms with Gasteiger partial charge in [0.2, 0.25) is 0 Å². The van der Waals surface area contributed by atoms with Crippen LogP contribution in [0, 0.1) is 10.1 Å². The number of aromatic nitrogens is 1. The fraction of sp³-hybridized carbons (Fsp3) is 0.118. The van der Waals surface area contributed by atoms with Crippen molar-refractivity contribution < 1.29 is 14.5 Å². The summed E-state index contributed by atoms with van der Waals surface area (Å²) in [6, 6.07) is 13.6. The van der Waals surface area contributed by atoms with Gasteiger partial charge >= 0.3 is 5.97 Å². The third-order valence-corrected chi connectivity index (χ3v) is 3.53. The van der Waals surface area contributed by atoms with E-state index in [2.05, 4.69) is 4.98 Å². The standard InChI is InChI=1S/C17H14N2O4/c1-2-23-17(20)16-15(13-8-3-4-9-14(13)18-16)11-6-5-7-12(10-11)19(21)22/h3-10,18H,2H2,1H3. The molecule has 0 amide bonds. The number of para-hydroxylation sites is 1. The summed E-state index contributed by atoms with van der Waals surface area (Å²) in [7, 11) is 0. The van der Waals surface area contributed by atoms with Crippen molar-refractivity contribution in [3.63, 3.8) is 0 Å². The largest absolute Gasteiger partial charge is 0.461 e. The van der Waals surface area contributed by atoms with E-state index in [4.69, 9.17) is 4.74 Å². The Balaban J connectivity index is 2.26. The summed E-state index contributed by atoms with van der Waals surface area (Å²) < 4.78 is 5.09. The van der Waals surface area contributed by atoms with Gasteiger partial charge in [0.1, 0.15) is 5.69 Å². The summed E-state index contributed by atoms with van der Waals surface area (Å²) in [5.74, 6) is -0.481. The fourth-order valence-corrected chi connectivity index (χ4v) is 2.57. The molecule has 0 aliphatic rings. The number of fused-ring (bicyclic) bond motifs is 1. The lowest BCUT2D eigenvalue weighted by Crippen LogP contribution is -2.06. The monoisotopic (exact) mass is 310 g/mol. The van der Waals surface area contributed by atoms with Crippen molar-refractivity contribution in [1.29, 1.82) is 0 Å². The van der Waals surface area contributed by atoms with Crippen molar-refractivity contribution >= 4 is 22.6 Å². The average Bonchev–Trinajstić information content (AvgIpc) is 2.94. The molecule has 3 rings (SSSR count).